The molecular weight excluding hydrogens is 240 g/mol. The Hall–Kier alpha value is 1.05. The molecule has 0 spiro atoms. The van der Waals surface area contributed by atoms with Crippen LogP contribution in [-0.2, 0) is 0 Å². The van der Waals surface area contributed by atoms with Gasteiger partial charge in [0.1, 0.15) is 0 Å². The first-order chi connectivity index (χ1) is 3.30. The minimum atomic E-state index is 0.567. The van der Waals surface area contributed by atoms with Gasteiger partial charge in [-0.05, 0) is 5.41 Å². The molecule has 0 radical (unpaired) electrons. The highest BCUT2D eigenvalue weighted by molar-refractivity contribution is 9.14. The van der Waals surface area contributed by atoms with Crippen LogP contribution >= 0.6 is 43.6 Å². The Morgan fingerprint density at radius 1 is 1.86 bits per heavy atom. The van der Waals surface area contributed by atoms with Gasteiger partial charge in [0, 0.05) is 10.2 Å². The zero-order chi connectivity index (χ0) is 5.28. The third kappa shape index (κ3) is 1.47. The molecule has 1 rings (SSSR count). The Labute approximate surface area is 64.0 Å². The molecule has 0 aliphatic carbocycles. The van der Waals surface area contributed by atoms with Crippen molar-refractivity contribution in [2.24, 2.45) is 0 Å². The van der Waals surface area contributed by atoms with Crippen LogP contribution in [-0.4, -0.2) is 10.6 Å². The van der Waals surface area contributed by atoms with Crippen molar-refractivity contribution in [1.29, 1.82) is 0 Å². The number of rotatable bonds is 0. The van der Waals surface area contributed by atoms with Crippen LogP contribution in [0.25, 0.3) is 0 Å². The highest BCUT2D eigenvalue weighted by Crippen LogP contribution is 2.31. The maximum Gasteiger partial charge on any atom is 0.0560 e. The summed E-state index contributed by atoms with van der Waals surface area (Å²) < 4.78 is 1.28. The van der Waals surface area contributed by atoms with Crippen molar-refractivity contribution >= 4 is 43.6 Å². The van der Waals surface area contributed by atoms with E-state index in [0.717, 1.165) is 0 Å². The number of allylic oxidation sites excluding steroid dienone is 1. The molecule has 0 N–H and O–H groups in total. The molecule has 0 amide bonds. The van der Waals surface area contributed by atoms with Gasteiger partial charge in [0.2, 0.25) is 0 Å². The molecule has 0 aromatic heterocycles. The van der Waals surface area contributed by atoms with E-state index in [1.165, 1.54) is 10.2 Å². The lowest BCUT2D eigenvalue weighted by atomic mass is 10.5. The average molecular weight is 244 g/mol. The zero-order valence-corrected chi connectivity index (χ0v) is 7.51. The van der Waals surface area contributed by atoms with Crippen molar-refractivity contribution in [3.8, 4) is 0 Å². The molecule has 0 saturated heterocycles. The Kier molecular flexibility index (Phi) is 2.25. The second-order valence-electron chi connectivity index (χ2n) is 1.30. The minimum Gasteiger partial charge on any atom is -0.132 e. The van der Waals surface area contributed by atoms with Crippen LogP contribution in [0.15, 0.2) is 9.89 Å². The van der Waals surface area contributed by atoms with Crippen molar-refractivity contribution in [3.05, 3.63) is 9.89 Å². The van der Waals surface area contributed by atoms with Crippen LogP contribution in [0.4, 0.5) is 0 Å². The molecule has 1 atom stereocenters. The first kappa shape index (κ1) is 6.17. The fourth-order valence-corrected chi connectivity index (χ4v) is 2.67. The molecule has 0 aromatic carbocycles. The summed E-state index contributed by atoms with van der Waals surface area (Å²) in [4.78, 5) is 0.567. The van der Waals surface area contributed by atoms with Crippen molar-refractivity contribution < 1.29 is 0 Å². The number of halogens is 2. The lowest BCUT2D eigenvalue weighted by Gasteiger charge is -1.93. The van der Waals surface area contributed by atoms with E-state index in [4.69, 9.17) is 0 Å². The van der Waals surface area contributed by atoms with E-state index >= 15 is 0 Å². The Morgan fingerprint density at radius 2 is 2.57 bits per heavy atom. The summed E-state index contributed by atoms with van der Waals surface area (Å²) in [5.41, 5.74) is 0. The van der Waals surface area contributed by atoms with Crippen LogP contribution < -0.4 is 0 Å². The quantitative estimate of drug-likeness (QED) is 0.590. The van der Waals surface area contributed by atoms with E-state index in [9.17, 15) is 0 Å². The highest BCUT2D eigenvalue weighted by atomic mass is 79.9. The van der Waals surface area contributed by atoms with Gasteiger partial charge in [-0.3, -0.25) is 0 Å². The first-order valence-electron chi connectivity index (χ1n) is 1.92. The van der Waals surface area contributed by atoms with Crippen molar-refractivity contribution in [2.45, 2.75) is 4.83 Å². The van der Waals surface area contributed by atoms with Crippen LogP contribution in [0.2, 0.25) is 0 Å². The SMILES string of the molecule is BrC1=CSCC1Br. The van der Waals surface area contributed by atoms with E-state index in [2.05, 4.69) is 37.3 Å². The van der Waals surface area contributed by atoms with Gasteiger partial charge in [-0.1, -0.05) is 31.9 Å². The van der Waals surface area contributed by atoms with E-state index in [1.54, 1.807) is 0 Å². The maximum atomic E-state index is 3.47. The standard InChI is InChI=1S/C4H4Br2S/c5-3-1-7-2-4(3)6/h1,4H,2H2. The van der Waals surface area contributed by atoms with Crippen LogP contribution in [0.3, 0.4) is 0 Å². The Morgan fingerprint density at radius 3 is 2.71 bits per heavy atom. The molecule has 3 heteroatoms. The second-order valence-corrected chi connectivity index (χ2v) is 4.23. The fraction of sp³-hybridized carbons (Fsp3) is 0.500. The van der Waals surface area contributed by atoms with Crippen molar-refractivity contribution in [1.82, 2.24) is 0 Å². The van der Waals surface area contributed by atoms with Gasteiger partial charge < -0.3 is 0 Å². The fourth-order valence-electron chi connectivity index (χ4n) is 0.366. The van der Waals surface area contributed by atoms with Gasteiger partial charge in [0.25, 0.3) is 0 Å². The van der Waals surface area contributed by atoms with Crippen molar-refractivity contribution in [3.63, 3.8) is 0 Å². The van der Waals surface area contributed by atoms with E-state index in [1.807, 2.05) is 11.8 Å². The summed E-state index contributed by atoms with van der Waals surface area (Å²) in [6, 6.07) is 0. The molecule has 7 heavy (non-hydrogen) atoms. The predicted octanol–water partition coefficient (Wildman–Crippen LogP) is 2.73. The predicted molar refractivity (Wildman–Crippen MR) is 42.2 cm³/mol. The summed E-state index contributed by atoms with van der Waals surface area (Å²) in [6.45, 7) is 0. The smallest absolute Gasteiger partial charge is 0.0560 e. The molecule has 1 aliphatic heterocycles. The molecule has 1 heterocycles. The van der Waals surface area contributed by atoms with Crippen LogP contribution in [0.5, 0.6) is 0 Å². The largest absolute Gasteiger partial charge is 0.132 e. The molecule has 0 aromatic rings. The molecule has 0 nitrogen and oxygen atoms in total. The third-order valence-electron chi connectivity index (χ3n) is 0.738. The van der Waals surface area contributed by atoms with E-state index in [0.29, 0.717) is 4.83 Å². The molecular formula is C4H4Br2S. The average Bonchev–Trinajstić information content (AvgIpc) is 1.91. The van der Waals surface area contributed by atoms with Gasteiger partial charge in [-0.15, -0.1) is 11.8 Å². The summed E-state index contributed by atoms with van der Waals surface area (Å²) >= 11 is 8.70. The van der Waals surface area contributed by atoms with Gasteiger partial charge in [0.15, 0.2) is 0 Å². The summed E-state index contributed by atoms with van der Waals surface area (Å²) in [6.07, 6.45) is 0. The first-order valence-corrected chi connectivity index (χ1v) is 4.67. The minimum absolute atomic E-state index is 0.567. The summed E-state index contributed by atoms with van der Waals surface area (Å²) in [7, 11) is 0. The van der Waals surface area contributed by atoms with E-state index < -0.39 is 0 Å². The monoisotopic (exact) mass is 242 g/mol. The molecule has 0 fully saturated rings. The summed E-state index contributed by atoms with van der Waals surface area (Å²) in [5.74, 6) is 1.17. The molecule has 0 saturated carbocycles. The number of thioether (sulfide) groups is 1. The van der Waals surface area contributed by atoms with Gasteiger partial charge >= 0.3 is 0 Å². The van der Waals surface area contributed by atoms with E-state index in [-0.39, 0.29) is 0 Å². The molecule has 1 aliphatic rings. The summed E-state index contributed by atoms with van der Waals surface area (Å²) in [5, 5.41) is 2.12. The highest BCUT2D eigenvalue weighted by Gasteiger charge is 2.12. The number of alkyl halides is 1. The lowest BCUT2D eigenvalue weighted by molar-refractivity contribution is 1.31. The molecule has 0 bridgehead atoms. The Balaban J connectivity index is 2.54. The molecule has 1 unspecified atom stereocenters. The number of hydrogen-bond donors (Lipinski definition) is 0. The third-order valence-corrected chi connectivity index (χ3v) is 4.63. The van der Waals surface area contributed by atoms with Crippen LogP contribution in [0, 0.1) is 0 Å². The van der Waals surface area contributed by atoms with Crippen LogP contribution in [0.1, 0.15) is 0 Å². The normalized spacial score (nSPS) is 30.6. The zero-order valence-electron chi connectivity index (χ0n) is 3.53. The Bertz CT molecular complexity index is 99.9. The topological polar surface area (TPSA) is 0 Å². The van der Waals surface area contributed by atoms with Crippen molar-refractivity contribution in [2.75, 3.05) is 5.75 Å². The van der Waals surface area contributed by atoms with Gasteiger partial charge in [0.05, 0.1) is 4.83 Å². The maximum absolute atomic E-state index is 3.47. The van der Waals surface area contributed by atoms with Gasteiger partial charge in [-0.25, -0.2) is 0 Å². The van der Waals surface area contributed by atoms with Gasteiger partial charge in [-0.2, -0.15) is 0 Å². The molecule has 40 valence electrons. The number of hydrogen-bond acceptors (Lipinski definition) is 1. The second kappa shape index (κ2) is 2.55. The lowest BCUT2D eigenvalue weighted by Crippen LogP contribution is -1.92.